The Kier molecular flexibility index (Phi) is 3.77. The summed E-state index contributed by atoms with van der Waals surface area (Å²) in [5.74, 6) is 0.269. The first-order valence-electron chi connectivity index (χ1n) is 5.89. The summed E-state index contributed by atoms with van der Waals surface area (Å²) in [4.78, 5) is 16.3. The van der Waals surface area contributed by atoms with Crippen molar-refractivity contribution in [3.8, 4) is 0 Å². The standard InChI is InChI=1S/C14H16N2OS/c1-9(2)12-8-18-14(15-12)16-13(17)11-6-4-10(3)5-7-11/h4-9H,1-3H3,(H,15,16,17). The number of amides is 1. The first-order chi connectivity index (χ1) is 8.56. The van der Waals surface area contributed by atoms with Crippen LogP contribution in [0.25, 0.3) is 0 Å². The number of hydrogen-bond acceptors (Lipinski definition) is 3. The van der Waals surface area contributed by atoms with E-state index in [-0.39, 0.29) is 5.91 Å². The van der Waals surface area contributed by atoms with E-state index in [0.717, 1.165) is 11.3 Å². The molecule has 18 heavy (non-hydrogen) atoms. The highest BCUT2D eigenvalue weighted by Crippen LogP contribution is 2.21. The van der Waals surface area contributed by atoms with Gasteiger partial charge in [0.15, 0.2) is 5.13 Å². The minimum Gasteiger partial charge on any atom is -0.298 e. The van der Waals surface area contributed by atoms with Gasteiger partial charge < -0.3 is 0 Å². The molecule has 0 spiro atoms. The molecule has 0 bridgehead atoms. The summed E-state index contributed by atoms with van der Waals surface area (Å²) in [5, 5.41) is 5.46. The van der Waals surface area contributed by atoms with Gasteiger partial charge in [-0.3, -0.25) is 10.1 Å². The number of aryl methyl sites for hydroxylation is 1. The molecular weight excluding hydrogens is 244 g/mol. The topological polar surface area (TPSA) is 42.0 Å². The zero-order chi connectivity index (χ0) is 13.1. The molecule has 2 aromatic rings. The van der Waals surface area contributed by atoms with Gasteiger partial charge in [-0.2, -0.15) is 0 Å². The summed E-state index contributed by atoms with van der Waals surface area (Å²) in [5.41, 5.74) is 2.81. The molecule has 0 aliphatic carbocycles. The Bertz CT molecular complexity index is 543. The van der Waals surface area contributed by atoms with E-state index in [9.17, 15) is 4.79 Å². The Balaban J connectivity index is 2.08. The molecule has 1 N–H and O–H groups in total. The number of carbonyl (C=O) groups is 1. The van der Waals surface area contributed by atoms with Crippen molar-refractivity contribution in [3.63, 3.8) is 0 Å². The van der Waals surface area contributed by atoms with Crippen LogP contribution in [0.1, 0.15) is 41.4 Å². The van der Waals surface area contributed by atoms with Gasteiger partial charge in [0.2, 0.25) is 0 Å². The van der Waals surface area contributed by atoms with Gasteiger partial charge in [-0.05, 0) is 25.0 Å². The van der Waals surface area contributed by atoms with Crippen LogP contribution in [0.5, 0.6) is 0 Å². The maximum Gasteiger partial charge on any atom is 0.257 e. The molecule has 2 rings (SSSR count). The Labute approximate surface area is 111 Å². The van der Waals surface area contributed by atoms with Crippen LogP contribution in [0.4, 0.5) is 5.13 Å². The third kappa shape index (κ3) is 2.96. The Hall–Kier alpha value is -1.68. The number of benzene rings is 1. The van der Waals surface area contributed by atoms with E-state index in [1.807, 2.05) is 36.6 Å². The van der Waals surface area contributed by atoms with Crippen LogP contribution in [0.2, 0.25) is 0 Å². The van der Waals surface area contributed by atoms with Gasteiger partial charge in [0.05, 0.1) is 5.69 Å². The molecule has 0 fully saturated rings. The number of rotatable bonds is 3. The Morgan fingerprint density at radius 3 is 2.50 bits per heavy atom. The maximum atomic E-state index is 12.0. The summed E-state index contributed by atoms with van der Waals surface area (Å²) < 4.78 is 0. The quantitative estimate of drug-likeness (QED) is 0.911. The van der Waals surface area contributed by atoms with Crippen molar-refractivity contribution in [1.82, 2.24) is 4.98 Å². The summed E-state index contributed by atoms with van der Waals surface area (Å²) in [7, 11) is 0. The minimum absolute atomic E-state index is 0.111. The smallest absolute Gasteiger partial charge is 0.257 e. The van der Waals surface area contributed by atoms with E-state index in [4.69, 9.17) is 0 Å². The van der Waals surface area contributed by atoms with Gasteiger partial charge in [0.25, 0.3) is 5.91 Å². The molecule has 0 saturated heterocycles. The monoisotopic (exact) mass is 260 g/mol. The van der Waals surface area contributed by atoms with Gasteiger partial charge >= 0.3 is 0 Å². The van der Waals surface area contributed by atoms with E-state index < -0.39 is 0 Å². The fourth-order valence-electron chi connectivity index (χ4n) is 1.48. The van der Waals surface area contributed by atoms with Crippen LogP contribution in [0, 0.1) is 6.92 Å². The van der Waals surface area contributed by atoms with Crippen LogP contribution in [0.15, 0.2) is 29.6 Å². The molecule has 0 saturated carbocycles. The van der Waals surface area contributed by atoms with Crippen molar-refractivity contribution in [3.05, 3.63) is 46.5 Å². The lowest BCUT2D eigenvalue weighted by Gasteiger charge is -2.02. The van der Waals surface area contributed by atoms with Gasteiger partial charge in [0.1, 0.15) is 0 Å². The predicted octanol–water partition coefficient (Wildman–Crippen LogP) is 3.83. The summed E-state index contributed by atoms with van der Waals surface area (Å²) in [6, 6.07) is 7.50. The molecule has 94 valence electrons. The summed E-state index contributed by atoms with van der Waals surface area (Å²) >= 11 is 1.46. The van der Waals surface area contributed by atoms with E-state index in [1.165, 1.54) is 11.3 Å². The normalized spacial score (nSPS) is 10.7. The molecule has 1 heterocycles. The maximum absolute atomic E-state index is 12.0. The van der Waals surface area contributed by atoms with Crippen LogP contribution in [-0.2, 0) is 0 Å². The fraction of sp³-hybridized carbons (Fsp3) is 0.286. The van der Waals surface area contributed by atoms with E-state index in [2.05, 4.69) is 24.1 Å². The molecule has 1 aromatic carbocycles. The van der Waals surface area contributed by atoms with Crippen molar-refractivity contribution in [2.24, 2.45) is 0 Å². The second-order valence-electron chi connectivity index (χ2n) is 4.55. The second-order valence-corrected chi connectivity index (χ2v) is 5.41. The molecule has 1 aromatic heterocycles. The van der Waals surface area contributed by atoms with Crippen molar-refractivity contribution in [2.75, 3.05) is 5.32 Å². The third-order valence-corrected chi connectivity index (χ3v) is 3.42. The molecule has 0 atom stereocenters. The molecule has 0 aliphatic heterocycles. The van der Waals surface area contributed by atoms with E-state index >= 15 is 0 Å². The van der Waals surface area contributed by atoms with Crippen LogP contribution in [0.3, 0.4) is 0 Å². The summed E-state index contributed by atoms with van der Waals surface area (Å²) in [6.45, 7) is 6.17. The largest absolute Gasteiger partial charge is 0.298 e. The minimum atomic E-state index is -0.111. The highest BCUT2D eigenvalue weighted by atomic mass is 32.1. The molecule has 0 unspecified atom stereocenters. The highest BCUT2D eigenvalue weighted by Gasteiger charge is 2.10. The van der Waals surface area contributed by atoms with E-state index in [0.29, 0.717) is 16.6 Å². The fourth-order valence-corrected chi connectivity index (χ4v) is 2.35. The average Bonchev–Trinajstić information content (AvgIpc) is 2.78. The number of aromatic nitrogens is 1. The number of nitrogens with one attached hydrogen (secondary N) is 1. The van der Waals surface area contributed by atoms with Crippen LogP contribution in [-0.4, -0.2) is 10.9 Å². The first-order valence-corrected chi connectivity index (χ1v) is 6.77. The number of hydrogen-bond donors (Lipinski definition) is 1. The Morgan fingerprint density at radius 2 is 1.94 bits per heavy atom. The average molecular weight is 260 g/mol. The first kappa shape index (κ1) is 12.8. The zero-order valence-corrected chi connectivity index (χ0v) is 11.5. The lowest BCUT2D eigenvalue weighted by Crippen LogP contribution is -2.11. The Morgan fingerprint density at radius 1 is 1.28 bits per heavy atom. The lowest BCUT2D eigenvalue weighted by atomic mass is 10.1. The van der Waals surface area contributed by atoms with Gasteiger partial charge in [-0.15, -0.1) is 11.3 Å². The lowest BCUT2D eigenvalue weighted by molar-refractivity contribution is 0.102. The second kappa shape index (κ2) is 5.31. The number of nitrogens with zero attached hydrogens (tertiary/aromatic N) is 1. The highest BCUT2D eigenvalue weighted by molar-refractivity contribution is 7.14. The predicted molar refractivity (Wildman–Crippen MR) is 75.3 cm³/mol. The zero-order valence-electron chi connectivity index (χ0n) is 10.7. The molecule has 1 amide bonds. The van der Waals surface area contributed by atoms with Gasteiger partial charge in [0, 0.05) is 10.9 Å². The molecular formula is C14H16N2OS. The van der Waals surface area contributed by atoms with Crippen molar-refractivity contribution in [2.45, 2.75) is 26.7 Å². The van der Waals surface area contributed by atoms with Crippen LogP contribution < -0.4 is 5.32 Å². The van der Waals surface area contributed by atoms with E-state index in [1.54, 1.807) is 0 Å². The van der Waals surface area contributed by atoms with Gasteiger partial charge in [-0.25, -0.2) is 4.98 Å². The molecule has 0 radical (unpaired) electrons. The SMILES string of the molecule is Cc1ccc(C(=O)Nc2nc(C(C)C)cs2)cc1. The number of carbonyl (C=O) groups excluding carboxylic acids is 1. The summed E-state index contributed by atoms with van der Waals surface area (Å²) in [6.07, 6.45) is 0. The number of anilines is 1. The molecule has 4 heteroatoms. The van der Waals surface area contributed by atoms with Crippen LogP contribution >= 0.6 is 11.3 Å². The van der Waals surface area contributed by atoms with Crippen molar-refractivity contribution < 1.29 is 4.79 Å². The number of thiazole rings is 1. The van der Waals surface area contributed by atoms with Crippen molar-refractivity contribution in [1.29, 1.82) is 0 Å². The third-order valence-electron chi connectivity index (χ3n) is 2.65. The van der Waals surface area contributed by atoms with Gasteiger partial charge in [-0.1, -0.05) is 31.5 Å². The molecule has 3 nitrogen and oxygen atoms in total. The molecule has 0 aliphatic rings. The van der Waals surface area contributed by atoms with Crippen molar-refractivity contribution >= 4 is 22.4 Å².